The van der Waals surface area contributed by atoms with E-state index >= 15 is 0 Å². The summed E-state index contributed by atoms with van der Waals surface area (Å²) in [7, 11) is 0. The van der Waals surface area contributed by atoms with E-state index in [1.165, 1.54) is 6.07 Å². The van der Waals surface area contributed by atoms with Gasteiger partial charge in [-0.2, -0.15) is 13.2 Å². The molecule has 1 nitrogen and oxygen atoms in total. The van der Waals surface area contributed by atoms with Crippen LogP contribution < -0.4 is 0 Å². The first-order chi connectivity index (χ1) is 7.98. The number of benzene rings is 2. The van der Waals surface area contributed by atoms with Crippen molar-refractivity contribution in [3.63, 3.8) is 0 Å². The van der Waals surface area contributed by atoms with Crippen molar-refractivity contribution >= 4 is 0 Å². The van der Waals surface area contributed by atoms with Gasteiger partial charge in [-0.25, -0.2) is 0 Å². The SMILES string of the molecule is Oc1cc2c(cc1C(F)(F)F)-c1ccccc1-2. The quantitative estimate of drug-likeness (QED) is 0.624. The van der Waals surface area contributed by atoms with Gasteiger partial charge in [-0.1, -0.05) is 24.3 Å². The molecular weight excluding hydrogens is 229 g/mol. The predicted molar refractivity (Wildman–Crippen MR) is 57.5 cm³/mol. The molecule has 0 aromatic heterocycles. The Morgan fingerprint density at radius 1 is 0.824 bits per heavy atom. The fraction of sp³-hybridized carbons (Fsp3) is 0.0769. The maximum Gasteiger partial charge on any atom is 0.419 e. The minimum absolute atomic E-state index is 0.547. The highest BCUT2D eigenvalue weighted by Gasteiger charge is 2.36. The molecule has 4 heteroatoms. The molecule has 0 amide bonds. The molecule has 0 aliphatic heterocycles. The van der Waals surface area contributed by atoms with Gasteiger partial charge in [-0.05, 0) is 34.4 Å². The normalized spacial score (nSPS) is 12.6. The fourth-order valence-electron chi connectivity index (χ4n) is 2.15. The zero-order chi connectivity index (χ0) is 12.2. The monoisotopic (exact) mass is 236 g/mol. The van der Waals surface area contributed by atoms with E-state index in [0.29, 0.717) is 11.1 Å². The Morgan fingerprint density at radius 2 is 1.35 bits per heavy atom. The summed E-state index contributed by atoms with van der Waals surface area (Å²) >= 11 is 0. The molecule has 0 heterocycles. The topological polar surface area (TPSA) is 20.2 Å². The van der Waals surface area contributed by atoms with Gasteiger partial charge in [0, 0.05) is 0 Å². The summed E-state index contributed by atoms with van der Waals surface area (Å²) in [5.41, 5.74) is 1.92. The van der Waals surface area contributed by atoms with Crippen molar-refractivity contribution in [1.29, 1.82) is 0 Å². The Hall–Kier alpha value is -1.97. The highest BCUT2D eigenvalue weighted by atomic mass is 19.4. The molecule has 86 valence electrons. The Labute approximate surface area is 95.1 Å². The summed E-state index contributed by atoms with van der Waals surface area (Å²) in [4.78, 5) is 0. The molecule has 1 aliphatic rings. The van der Waals surface area contributed by atoms with Gasteiger partial charge >= 0.3 is 6.18 Å². The third-order valence-electron chi connectivity index (χ3n) is 2.95. The van der Waals surface area contributed by atoms with E-state index in [1.807, 2.05) is 12.1 Å². The molecule has 0 atom stereocenters. The summed E-state index contributed by atoms with van der Waals surface area (Å²) < 4.78 is 37.8. The number of rotatable bonds is 0. The van der Waals surface area contributed by atoms with E-state index in [9.17, 15) is 18.3 Å². The van der Waals surface area contributed by atoms with Crippen LogP contribution in [-0.4, -0.2) is 5.11 Å². The number of halogens is 3. The molecule has 2 aromatic rings. The molecule has 0 radical (unpaired) electrons. The van der Waals surface area contributed by atoms with Crippen LogP contribution in [0, 0.1) is 0 Å². The van der Waals surface area contributed by atoms with E-state index in [4.69, 9.17) is 0 Å². The highest BCUT2D eigenvalue weighted by Crippen LogP contribution is 2.51. The highest BCUT2D eigenvalue weighted by molar-refractivity contribution is 6.03. The third kappa shape index (κ3) is 1.33. The smallest absolute Gasteiger partial charge is 0.419 e. The standard InChI is InChI=1S/C13H7F3O/c14-13(15,16)11-5-9-7-3-1-2-4-8(7)10(9)6-12(11)17/h1-6,17H. The van der Waals surface area contributed by atoms with Crippen molar-refractivity contribution < 1.29 is 18.3 Å². The van der Waals surface area contributed by atoms with Crippen LogP contribution >= 0.6 is 0 Å². The minimum Gasteiger partial charge on any atom is -0.507 e. The first kappa shape index (κ1) is 10.2. The number of hydrogen-bond donors (Lipinski definition) is 1. The average Bonchev–Trinajstić information content (AvgIpc) is 2.25. The molecular formula is C13H7F3O. The molecule has 0 saturated carbocycles. The van der Waals surface area contributed by atoms with E-state index in [2.05, 4.69) is 0 Å². The molecule has 2 aromatic carbocycles. The van der Waals surface area contributed by atoms with Gasteiger partial charge in [-0.3, -0.25) is 0 Å². The lowest BCUT2D eigenvalue weighted by molar-refractivity contribution is -0.138. The number of phenols is 1. The lowest BCUT2D eigenvalue weighted by Gasteiger charge is -2.25. The molecule has 1 aliphatic carbocycles. The number of alkyl halides is 3. The Bertz CT molecular complexity index is 615. The number of hydrogen-bond acceptors (Lipinski definition) is 1. The van der Waals surface area contributed by atoms with Crippen LogP contribution in [0.1, 0.15) is 5.56 Å². The maximum atomic E-state index is 12.6. The van der Waals surface area contributed by atoms with Crippen molar-refractivity contribution in [3.8, 4) is 28.0 Å². The lowest BCUT2D eigenvalue weighted by atomic mass is 9.79. The molecule has 1 N–H and O–H groups in total. The van der Waals surface area contributed by atoms with Gasteiger partial charge in [0.15, 0.2) is 0 Å². The van der Waals surface area contributed by atoms with Gasteiger partial charge < -0.3 is 5.11 Å². The predicted octanol–water partition coefficient (Wildman–Crippen LogP) is 4.06. The van der Waals surface area contributed by atoms with Crippen molar-refractivity contribution in [2.45, 2.75) is 6.18 Å². The second-order valence-electron chi connectivity index (χ2n) is 3.96. The van der Waals surface area contributed by atoms with Gasteiger partial charge in [0.25, 0.3) is 0 Å². The Balaban J connectivity index is 2.21. The van der Waals surface area contributed by atoms with Crippen LogP contribution in [0.25, 0.3) is 22.3 Å². The first-order valence-electron chi connectivity index (χ1n) is 5.02. The zero-order valence-electron chi connectivity index (χ0n) is 8.55. The minimum atomic E-state index is -4.52. The summed E-state index contributed by atoms with van der Waals surface area (Å²) in [5, 5.41) is 9.39. The third-order valence-corrected chi connectivity index (χ3v) is 2.95. The largest absolute Gasteiger partial charge is 0.507 e. The summed E-state index contributed by atoms with van der Waals surface area (Å²) in [6, 6.07) is 9.38. The zero-order valence-corrected chi connectivity index (χ0v) is 8.55. The summed E-state index contributed by atoms with van der Waals surface area (Å²) in [5.74, 6) is -0.717. The van der Waals surface area contributed by atoms with E-state index in [0.717, 1.165) is 17.2 Å². The average molecular weight is 236 g/mol. The maximum absolute atomic E-state index is 12.6. The van der Waals surface area contributed by atoms with Crippen molar-refractivity contribution in [3.05, 3.63) is 42.0 Å². The van der Waals surface area contributed by atoms with Crippen LogP contribution in [0.3, 0.4) is 0 Å². The summed E-state index contributed by atoms with van der Waals surface area (Å²) in [6.07, 6.45) is -4.52. The van der Waals surface area contributed by atoms with Gasteiger partial charge in [0.1, 0.15) is 5.75 Å². The van der Waals surface area contributed by atoms with Crippen molar-refractivity contribution in [2.75, 3.05) is 0 Å². The molecule has 3 rings (SSSR count). The Kier molecular flexibility index (Phi) is 1.82. The first-order valence-corrected chi connectivity index (χ1v) is 5.02. The van der Waals surface area contributed by atoms with Gasteiger partial charge in [0.05, 0.1) is 5.56 Å². The molecule has 0 fully saturated rings. The number of fused-ring (bicyclic) bond motifs is 4. The van der Waals surface area contributed by atoms with Crippen molar-refractivity contribution in [1.82, 2.24) is 0 Å². The van der Waals surface area contributed by atoms with Gasteiger partial charge in [0.2, 0.25) is 0 Å². The van der Waals surface area contributed by atoms with Crippen LogP contribution in [-0.2, 0) is 6.18 Å². The van der Waals surface area contributed by atoms with Crippen LogP contribution in [0.5, 0.6) is 5.75 Å². The fourth-order valence-corrected chi connectivity index (χ4v) is 2.15. The molecule has 0 bridgehead atoms. The van der Waals surface area contributed by atoms with Crippen LogP contribution in [0.4, 0.5) is 13.2 Å². The van der Waals surface area contributed by atoms with Crippen LogP contribution in [0.15, 0.2) is 36.4 Å². The second kappa shape index (κ2) is 3.03. The molecule has 0 spiro atoms. The second-order valence-corrected chi connectivity index (χ2v) is 3.96. The molecule has 0 unspecified atom stereocenters. The number of phenolic OH excluding ortho intramolecular Hbond substituents is 1. The molecule has 0 saturated heterocycles. The van der Waals surface area contributed by atoms with Crippen LogP contribution in [0.2, 0.25) is 0 Å². The summed E-state index contributed by atoms with van der Waals surface area (Å²) in [6.45, 7) is 0. The van der Waals surface area contributed by atoms with E-state index in [1.54, 1.807) is 12.1 Å². The Morgan fingerprint density at radius 3 is 1.88 bits per heavy atom. The van der Waals surface area contributed by atoms with E-state index < -0.39 is 17.5 Å². The van der Waals surface area contributed by atoms with Crippen molar-refractivity contribution in [2.24, 2.45) is 0 Å². The van der Waals surface area contributed by atoms with Gasteiger partial charge in [-0.15, -0.1) is 0 Å². The molecule has 17 heavy (non-hydrogen) atoms. The lowest BCUT2D eigenvalue weighted by Crippen LogP contribution is -2.08. The number of aromatic hydroxyl groups is 1. The van der Waals surface area contributed by atoms with E-state index in [-0.39, 0.29) is 0 Å².